The minimum atomic E-state index is -5.85. The number of amides is 4. The average molecular weight is 843 g/mol. The van der Waals surface area contributed by atoms with Gasteiger partial charge in [-0.2, -0.15) is 21.6 Å². The first-order chi connectivity index (χ1) is 27.5. The molecule has 0 aromatic heterocycles. The molecule has 1 aliphatic carbocycles. The largest absolute Gasteiger partial charge is 0.534 e. The van der Waals surface area contributed by atoms with Crippen LogP contribution in [0.1, 0.15) is 102 Å². The molecule has 59 heavy (non-hydrogen) atoms. The van der Waals surface area contributed by atoms with Gasteiger partial charge in [0.2, 0.25) is 11.8 Å². The zero-order chi connectivity index (χ0) is 43.1. The molecular weight excluding hydrogens is 794 g/mol. The van der Waals surface area contributed by atoms with E-state index in [2.05, 4.69) is 14.8 Å². The number of anilines is 2. The summed E-state index contributed by atoms with van der Waals surface area (Å²) < 4.78 is 77.4. The fourth-order valence-corrected chi connectivity index (χ4v) is 8.12. The number of carbonyl (C=O) groups is 4. The van der Waals surface area contributed by atoms with Gasteiger partial charge in [-0.1, -0.05) is 36.4 Å². The zero-order valence-electron chi connectivity index (χ0n) is 33.7. The summed E-state index contributed by atoms with van der Waals surface area (Å²) in [6, 6.07) is 18.5. The van der Waals surface area contributed by atoms with Crippen LogP contribution in [0.5, 0.6) is 5.75 Å². The third-order valence-corrected chi connectivity index (χ3v) is 11.2. The summed E-state index contributed by atoms with van der Waals surface area (Å²) in [5, 5.41) is 5.81. The number of nitrogens with zero attached hydrogens (tertiary/aromatic N) is 2. The molecule has 17 heteroatoms. The fourth-order valence-electron chi connectivity index (χ4n) is 7.66. The Balaban J connectivity index is 1.19. The minimum absolute atomic E-state index is 0.135. The molecule has 3 fully saturated rings. The molecule has 3 aromatic carbocycles. The number of hydrogen-bond donors (Lipinski definition) is 2. The van der Waals surface area contributed by atoms with E-state index < -0.39 is 56.8 Å². The van der Waals surface area contributed by atoms with Crippen LogP contribution in [0.15, 0.2) is 72.8 Å². The van der Waals surface area contributed by atoms with Gasteiger partial charge in [-0.15, -0.1) is 0 Å². The van der Waals surface area contributed by atoms with Crippen LogP contribution in [-0.2, 0) is 29.2 Å². The van der Waals surface area contributed by atoms with Crippen molar-refractivity contribution in [3.63, 3.8) is 0 Å². The monoisotopic (exact) mass is 842 g/mol. The van der Waals surface area contributed by atoms with Crippen LogP contribution < -0.4 is 14.8 Å². The van der Waals surface area contributed by atoms with Gasteiger partial charge in [0.25, 0.3) is 0 Å². The third-order valence-electron chi connectivity index (χ3n) is 10.3. The summed E-state index contributed by atoms with van der Waals surface area (Å²) in [7, 11) is -5.85. The number of hydrogen-bond acceptors (Lipinski definition) is 9. The van der Waals surface area contributed by atoms with Gasteiger partial charge >= 0.3 is 27.8 Å². The Morgan fingerprint density at radius 3 is 1.25 bits per heavy atom. The van der Waals surface area contributed by atoms with E-state index in [0.717, 1.165) is 16.7 Å². The van der Waals surface area contributed by atoms with Crippen molar-refractivity contribution >= 4 is 45.5 Å². The summed E-state index contributed by atoms with van der Waals surface area (Å²) in [5.41, 5.74) is -3.45. The first kappa shape index (κ1) is 43.3. The van der Waals surface area contributed by atoms with Crippen LogP contribution in [0.4, 0.5) is 34.1 Å². The Morgan fingerprint density at radius 2 is 0.932 bits per heavy atom. The van der Waals surface area contributed by atoms with Crippen molar-refractivity contribution in [3.8, 4) is 5.75 Å². The van der Waals surface area contributed by atoms with Gasteiger partial charge < -0.3 is 24.3 Å². The van der Waals surface area contributed by atoms with Gasteiger partial charge in [0.15, 0.2) is 0 Å². The van der Waals surface area contributed by atoms with E-state index in [1.165, 1.54) is 34.1 Å². The van der Waals surface area contributed by atoms with E-state index in [1.807, 2.05) is 24.3 Å². The van der Waals surface area contributed by atoms with E-state index in [1.54, 1.807) is 65.8 Å². The van der Waals surface area contributed by atoms with Crippen LogP contribution in [-0.4, -0.2) is 84.1 Å². The number of likely N-dealkylation sites (tertiary alicyclic amines) is 2. The first-order valence-corrected chi connectivity index (χ1v) is 20.8. The van der Waals surface area contributed by atoms with Crippen LogP contribution in [0.3, 0.4) is 0 Å². The second-order valence-electron chi connectivity index (χ2n) is 17.0. The highest BCUT2D eigenvalue weighted by Gasteiger charge is 2.53. The average Bonchev–Trinajstić information content (AvgIpc) is 3.43. The summed E-state index contributed by atoms with van der Waals surface area (Å²) in [6.07, 6.45) is 1.21. The highest BCUT2D eigenvalue weighted by Crippen LogP contribution is 2.66. The molecule has 1 saturated carbocycles. The Bertz CT molecular complexity index is 2040. The first-order valence-electron chi connectivity index (χ1n) is 19.4. The zero-order valence-corrected chi connectivity index (χ0v) is 34.5. The molecule has 4 amide bonds. The molecule has 4 atom stereocenters. The Morgan fingerprint density at radius 1 is 0.593 bits per heavy atom. The van der Waals surface area contributed by atoms with Crippen molar-refractivity contribution in [2.45, 2.75) is 114 Å². The second kappa shape index (κ2) is 16.4. The predicted molar refractivity (Wildman–Crippen MR) is 212 cm³/mol. The molecule has 2 unspecified atom stereocenters. The van der Waals surface area contributed by atoms with Crippen LogP contribution >= 0.6 is 0 Å². The van der Waals surface area contributed by atoms with Gasteiger partial charge in [-0.25, -0.2) is 9.59 Å². The lowest BCUT2D eigenvalue weighted by Gasteiger charge is -2.28. The van der Waals surface area contributed by atoms with Crippen LogP contribution in [0.2, 0.25) is 0 Å². The minimum Gasteiger partial charge on any atom is -0.444 e. The molecule has 2 heterocycles. The maximum Gasteiger partial charge on any atom is 0.534 e. The second-order valence-corrected chi connectivity index (χ2v) is 18.6. The number of benzene rings is 3. The standard InChI is InChI=1S/C42H49F3N4O9S/c1-40(2,3)56-38(52)48-23-7-9-31(48)36(50)46-28-17-11-25(12-18-28)33-34(35(33)27-15-21-30(22-16-27)58-59(54,55)42(43,44)45)26-13-19-29(20-14-26)47-37(51)32-10-8-24-49(32)39(53)57-41(4,5)6/h11-22,31-35H,7-10,23-24H2,1-6H3,(H,46,50)(H,47,51)/t31-,32-,33?,34?,35?/m0/s1. The summed E-state index contributed by atoms with van der Waals surface area (Å²) in [4.78, 5) is 55.0. The quantitative estimate of drug-likeness (QED) is 0.160. The van der Waals surface area contributed by atoms with E-state index >= 15 is 0 Å². The third kappa shape index (κ3) is 10.3. The lowest BCUT2D eigenvalue weighted by Crippen LogP contribution is -2.45. The number of rotatable bonds is 9. The van der Waals surface area contributed by atoms with Crippen LogP contribution in [0, 0.1) is 0 Å². The van der Waals surface area contributed by atoms with E-state index in [-0.39, 0.29) is 29.6 Å². The van der Waals surface area contributed by atoms with Crippen molar-refractivity contribution in [3.05, 3.63) is 89.5 Å². The maximum atomic E-state index is 13.3. The van der Waals surface area contributed by atoms with Gasteiger partial charge in [0, 0.05) is 24.5 Å². The van der Waals surface area contributed by atoms with E-state index in [0.29, 0.717) is 50.1 Å². The normalized spacial score (nSPS) is 22.1. The molecule has 13 nitrogen and oxygen atoms in total. The molecule has 2 saturated heterocycles. The highest BCUT2D eigenvalue weighted by molar-refractivity contribution is 7.88. The van der Waals surface area contributed by atoms with Gasteiger partial charge in [-0.3, -0.25) is 19.4 Å². The molecule has 6 rings (SSSR count). The van der Waals surface area contributed by atoms with Crippen molar-refractivity contribution < 1.29 is 54.4 Å². The summed E-state index contributed by atoms with van der Waals surface area (Å²) >= 11 is 0. The van der Waals surface area contributed by atoms with Crippen molar-refractivity contribution in [1.82, 2.24) is 9.80 Å². The SMILES string of the molecule is CC(C)(C)OC(=O)N1CCC[C@H]1C(=O)Nc1ccc(C2C(c3ccc(NC(=O)[C@@H]4CCCN4C(=O)OC(C)(C)C)cc3)C2c2ccc(OS(=O)(=O)C(F)(F)F)cc2)cc1. The number of alkyl halides is 3. The summed E-state index contributed by atoms with van der Waals surface area (Å²) in [5.74, 6) is -1.62. The van der Waals surface area contributed by atoms with E-state index in [9.17, 15) is 40.8 Å². The lowest BCUT2D eigenvalue weighted by molar-refractivity contribution is -0.121. The number of nitrogens with one attached hydrogen (secondary N) is 2. The van der Waals surface area contributed by atoms with Crippen molar-refractivity contribution in [2.75, 3.05) is 23.7 Å². The molecular formula is C42H49F3N4O9S. The lowest BCUT2D eigenvalue weighted by atomic mass is 10.0. The molecule has 3 aromatic rings. The molecule has 0 radical (unpaired) electrons. The molecule has 2 N–H and O–H groups in total. The van der Waals surface area contributed by atoms with E-state index in [4.69, 9.17) is 9.47 Å². The highest BCUT2D eigenvalue weighted by atomic mass is 32.2. The van der Waals surface area contributed by atoms with Gasteiger partial charge in [-0.05, 0) is 138 Å². The Kier molecular flexibility index (Phi) is 12.0. The molecule has 0 bridgehead atoms. The fraction of sp³-hybridized carbons (Fsp3) is 0.476. The number of ether oxygens (including phenoxy) is 2. The Labute approximate surface area is 341 Å². The molecule has 3 aliphatic rings. The van der Waals surface area contributed by atoms with Crippen molar-refractivity contribution in [1.29, 1.82) is 0 Å². The Hall–Kier alpha value is -5.32. The smallest absolute Gasteiger partial charge is 0.444 e. The van der Waals surface area contributed by atoms with Gasteiger partial charge in [0.1, 0.15) is 29.0 Å². The predicted octanol–water partition coefficient (Wildman–Crippen LogP) is 8.26. The molecule has 2 aliphatic heterocycles. The summed E-state index contributed by atoms with van der Waals surface area (Å²) in [6.45, 7) is 11.4. The maximum absolute atomic E-state index is 13.3. The molecule has 318 valence electrons. The molecule has 0 spiro atoms. The van der Waals surface area contributed by atoms with Crippen LogP contribution in [0.25, 0.3) is 0 Å². The topological polar surface area (TPSA) is 161 Å². The number of halogens is 3. The van der Waals surface area contributed by atoms with Gasteiger partial charge in [0.05, 0.1) is 0 Å². The number of carbonyl (C=O) groups excluding carboxylic acids is 4. The van der Waals surface area contributed by atoms with Crippen molar-refractivity contribution in [2.24, 2.45) is 0 Å².